The number of ether oxygens (including phenoxy) is 9. The van der Waals surface area contributed by atoms with Crippen molar-refractivity contribution in [3.05, 3.63) is 82.2 Å². The zero-order valence-electron chi connectivity index (χ0n) is 37.0. The molecule has 4 aliphatic rings. The van der Waals surface area contributed by atoms with E-state index in [1.165, 1.54) is 32.5 Å². The largest absolute Gasteiger partial charge is 0.493 e. The molecule has 2 amide bonds. The molecule has 340 valence electrons. The standard InChI is InChI=1S/C47H55N5O12/c1-6-30-16-34-24-48-39-22-43(41(56-3)20-37(39)46(54)51(34)26-30)63-28-32-18-36(62-15-14-61-13-12-60-11-10-59-9-8-45(53)58-5)19-33(50-32)29-64-44-23-40-38(21-42(44)57-4)47(55)52-27-31(7-2)17-35(52)25-49-40/h6-7,18-25,34-35H,8-17,26-29H2,1-5H3/b30-6+,31-7+/t34-,35?/m0/s1. The first-order chi connectivity index (χ1) is 31.2. The van der Waals surface area contributed by atoms with Gasteiger partial charge in [0.15, 0.2) is 23.0 Å². The van der Waals surface area contributed by atoms with Crippen LogP contribution in [-0.4, -0.2) is 138 Å². The molecule has 0 radical (unpaired) electrons. The fraction of sp³-hybridized carbons (Fsp3) is 0.447. The maximum absolute atomic E-state index is 13.6. The van der Waals surface area contributed by atoms with Crippen molar-refractivity contribution in [2.45, 2.75) is 58.4 Å². The monoisotopic (exact) mass is 881 g/mol. The Bertz CT molecular complexity index is 2170. The van der Waals surface area contributed by atoms with E-state index >= 15 is 0 Å². The number of aliphatic imine (C=N–C) groups is 2. The van der Waals surface area contributed by atoms with Gasteiger partial charge in [-0.1, -0.05) is 23.3 Å². The molecule has 2 saturated heterocycles. The fourth-order valence-electron chi connectivity index (χ4n) is 7.70. The summed E-state index contributed by atoms with van der Waals surface area (Å²) in [7, 11) is 4.39. The van der Waals surface area contributed by atoms with E-state index < -0.39 is 0 Å². The van der Waals surface area contributed by atoms with Crippen LogP contribution in [0.15, 0.2) is 69.7 Å². The van der Waals surface area contributed by atoms with Gasteiger partial charge in [0.05, 0.1) is 113 Å². The Labute approximate surface area is 372 Å². The van der Waals surface area contributed by atoms with Crippen LogP contribution in [-0.2, 0) is 37.0 Å². The number of rotatable bonds is 21. The highest BCUT2D eigenvalue weighted by atomic mass is 16.6. The van der Waals surface area contributed by atoms with Gasteiger partial charge in [-0.3, -0.25) is 29.4 Å². The number of nitrogens with zero attached hydrogens (tertiary/aromatic N) is 5. The van der Waals surface area contributed by atoms with Crippen LogP contribution in [0.1, 0.15) is 65.2 Å². The van der Waals surface area contributed by atoms with E-state index in [0.717, 1.165) is 12.8 Å². The molecule has 4 aliphatic heterocycles. The summed E-state index contributed by atoms with van der Waals surface area (Å²) in [6, 6.07) is 10.1. The molecular weight excluding hydrogens is 827 g/mol. The van der Waals surface area contributed by atoms with Crippen molar-refractivity contribution >= 4 is 41.6 Å². The molecule has 0 spiro atoms. The van der Waals surface area contributed by atoms with Crippen LogP contribution in [0.4, 0.5) is 11.4 Å². The van der Waals surface area contributed by atoms with E-state index in [0.29, 0.717) is 109 Å². The molecule has 0 bridgehead atoms. The fourth-order valence-corrected chi connectivity index (χ4v) is 7.70. The molecule has 1 aromatic heterocycles. The third-order valence-electron chi connectivity index (χ3n) is 11.2. The molecule has 17 heteroatoms. The average Bonchev–Trinajstić information content (AvgIpc) is 3.89. The summed E-state index contributed by atoms with van der Waals surface area (Å²) in [6.45, 7) is 7.35. The predicted octanol–water partition coefficient (Wildman–Crippen LogP) is 6.00. The highest BCUT2D eigenvalue weighted by Crippen LogP contribution is 2.41. The summed E-state index contributed by atoms with van der Waals surface area (Å²) in [6.07, 6.45) is 9.43. The van der Waals surface area contributed by atoms with Crippen LogP contribution >= 0.6 is 0 Å². The summed E-state index contributed by atoms with van der Waals surface area (Å²) >= 11 is 0. The predicted molar refractivity (Wildman–Crippen MR) is 236 cm³/mol. The minimum atomic E-state index is -0.321. The summed E-state index contributed by atoms with van der Waals surface area (Å²) in [5.41, 5.74) is 5.32. The van der Waals surface area contributed by atoms with Crippen molar-refractivity contribution in [3.8, 4) is 28.7 Å². The van der Waals surface area contributed by atoms with Gasteiger partial charge in [0.1, 0.15) is 25.6 Å². The lowest BCUT2D eigenvalue weighted by molar-refractivity contribution is -0.141. The molecular formula is C47H55N5O12. The first-order valence-electron chi connectivity index (χ1n) is 21.3. The van der Waals surface area contributed by atoms with E-state index in [9.17, 15) is 14.4 Å². The summed E-state index contributed by atoms with van der Waals surface area (Å²) in [4.78, 5) is 56.4. The lowest BCUT2D eigenvalue weighted by Crippen LogP contribution is -2.35. The van der Waals surface area contributed by atoms with Crippen LogP contribution in [0.5, 0.6) is 28.7 Å². The number of carbonyl (C=O) groups excluding carboxylic acids is 3. The van der Waals surface area contributed by atoms with Crippen LogP contribution in [0.2, 0.25) is 0 Å². The normalized spacial score (nSPS) is 18.6. The second-order valence-corrected chi connectivity index (χ2v) is 15.3. The number of amides is 2. The minimum absolute atomic E-state index is 0.0161. The van der Waals surface area contributed by atoms with Gasteiger partial charge in [0.2, 0.25) is 0 Å². The number of methoxy groups -OCH3 is 3. The second kappa shape index (κ2) is 21.9. The number of esters is 1. The van der Waals surface area contributed by atoms with Gasteiger partial charge >= 0.3 is 5.97 Å². The molecule has 17 nitrogen and oxygen atoms in total. The van der Waals surface area contributed by atoms with Crippen LogP contribution in [0.3, 0.4) is 0 Å². The molecule has 2 aromatic carbocycles. The number of pyridine rings is 1. The lowest BCUT2D eigenvalue weighted by atomic mass is 10.1. The van der Waals surface area contributed by atoms with Gasteiger partial charge in [-0.25, -0.2) is 0 Å². The number of aromatic nitrogens is 1. The smallest absolute Gasteiger partial charge is 0.307 e. The van der Waals surface area contributed by atoms with Crippen molar-refractivity contribution in [1.82, 2.24) is 14.8 Å². The highest BCUT2D eigenvalue weighted by molar-refractivity contribution is 6.04. The Kier molecular flexibility index (Phi) is 15.6. The molecule has 7 rings (SSSR count). The third kappa shape index (κ3) is 11.1. The van der Waals surface area contributed by atoms with E-state index in [4.69, 9.17) is 52.9 Å². The SMILES string of the molecule is C/C=C1\CC2C=Nc3cc(OCc4cc(OCCOCCOCCOCCC(=O)OC)cc(COc5cc6c(cc5OC)C(=O)N5C/C(=C/C)C[C@H]5C=N6)n4)c(OC)cc3C(=O)N2C1. The van der Waals surface area contributed by atoms with E-state index in [1.807, 2.05) is 36.1 Å². The summed E-state index contributed by atoms with van der Waals surface area (Å²) in [5, 5.41) is 0. The minimum Gasteiger partial charge on any atom is -0.493 e. The van der Waals surface area contributed by atoms with Crippen molar-refractivity contribution in [2.75, 3.05) is 80.7 Å². The van der Waals surface area contributed by atoms with E-state index in [1.54, 1.807) is 36.4 Å². The van der Waals surface area contributed by atoms with Gasteiger partial charge in [-0.15, -0.1) is 0 Å². The highest BCUT2D eigenvalue weighted by Gasteiger charge is 2.36. The molecule has 5 heterocycles. The maximum Gasteiger partial charge on any atom is 0.307 e. The van der Waals surface area contributed by atoms with Crippen LogP contribution < -0.4 is 23.7 Å². The topological polar surface area (TPSA) is 178 Å². The number of allylic oxidation sites excluding steroid dienone is 2. The molecule has 0 aliphatic carbocycles. The number of carbonyl (C=O) groups is 3. The van der Waals surface area contributed by atoms with Crippen LogP contribution in [0.25, 0.3) is 0 Å². The van der Waals surface area contributed by atoms with E-state index in [2.05, 4.69) is 16.9 Å². The average molecular weight is 882 g/mol. The summed E-state index contributed by atoms with van der Waals surface area (Å²) in [5.74, 6) is 1.51. The van der Waals surface area contributed by atoms with E-state index in [-0.39, 0.29) is 62.7 Å². The first kappa shape index (κ1) is 45.7. The molecule has 64 heavy (non-hydrogen) atoms. The Hall–Kier alpha value is -6.30. The number of hydrogen-bond donors (Lipinski definition) is 0. The van der Waals surface area contributed by atoms with Crippen molar-refractivity contribution in [3.63, 3.8) is 0 Å². The second-order valence-electron chi connectivity index (χ2n) is 15.3. The number of benzene rings is 2. The van der Waals surface area contributed by atoms with Crippen molar-refractivity contribution in [2.24, 2.45) is 9.98 Å². The quantitative estimate of drug-likeness (QED) is 0.0692. The van der Waals surface area contributed by atoms with Gasteiger partial charge in [-0.05, 0) is 38.8 Å². The third-order valence-corrected chi connectivity index (χ3v) is 11.2. The number of fused-ring (bicyclic) bond motifs is 4. The van der Waals surface area contributed by atoms with Gasteiger partial charge < -0.3 is 52.4 Å². The molecule has 1 unspecified atom stereocenters. The first-order valence-corrected chi connectivity index (χ1v) is 21.3. The Balaban J connectivity index is 1.03. The molecule has 0 N–H and O–H groups in total. The Morgan fingerprint density at radius 1 is 0.625 bits per heavy atom. The molecule has 2 fully saturated rings. The summed E-state index contributed by atoms with van der Waals surface area (Å²) < 4.78 is 51.4. The van der Waals surface area contributed by atoms with Gasteiger partial charge in [-0.2, -0.15) is 0 Å². The Morgan fingerprint density at radius 3 is 1.55 bits per heavy atom. The zero-order valence-corrected chi connectivity index (χ0v) is 37.0. The molecule has 0 saturated carbocycles. The Morgan fingerprint density at radius 2 is 1.09 bits per heavy atom. The molecule has 2 atom stereocenters. The number of hydrogen-bond acceptors (Lipinski definition) is 15. The zero-order chi connectivity index (χ0) is 45.0. The van der Waals surface area contributed by atoms with Crippen molar-refractivity contribution in [1.29, 1.82) is 0 Å². The molecule has 3 aromatic rings. The van der Waals surface area contributed by atoms with Crippen LogP contribution in [0, 0.1) is 0 Å². The lowest BCUT2D eigenvalue weighted by Gasteiger charge is -2.20. The van der Waals surface area contributed by atoms with Gasteiger partial charge in [0, 0.05) is 49.8 Å². The van der Waals surface area contributed by atoms with Crippen molar-refractivity contribution < 1.29 is 57.0 Å². The van der Waals surface area contributed by atoms with Gasteiger partial charge in [0.25, 0.3) is 11.8 Å². The maximum atomic E-state index is 13.6.